The highest BCUT2D eigenvalue weighted by atomic mass is 31.3. The molecule has 0 spiro atoms. The minimum Gasteiger partial charge on any atom is -0.387 e. The van der Waals surface area contributed by atoms with Gasteiger partial charge >= 0.3 is 23.5 Å². The Balaban J connectivity index is 1.39. The van der Waals surface area contributed by atoms with Gasteiger partial charge in [0.1, 0.15) is 30.2 Å². The number of amides is 1. The van der Waals surface area contributed by atoms with Crippen LogP contribution in [-0.4, -0.2) is 132 Å². The number of hydrogen-bond acceptors (Lipinski definition) is 23. The van der Waals surface area contributed by atoms with E-state index in [9.17, 15) is 73.8 Å². The van der Waals surface area contributed by atoms with Gasteiger partial charge in [-0.25, -0.2) is 28.6 Å². The molecular weight excluding hydrogens is 953 g/mol. The van der Waals surface area contributed by atoms with E-state index in [1.165, 1.54) is 23.4 Å². The average molecular weight is 993 g/mol. The van der Waals surface area contributed by atoms with Crippen molar-refractivity contribution in [2.75, 3.05) is 25.5 Å². The summed E-state index contributed by atoms with van der Waals surface area (Å²) in [5.41, 5.74) is 16.4. The van der Waals surface area contributed by atoms with Crippen LogP contribution in [0, 0.1) is 10.1 Å². The number of allylic oxidation sites excluding steroid dienone is 1. The fourth-order valence-electron chi connectivity index (χ4n) is 7.28. The van der Waals surface area contributed by atoms with E-state index in [1.807, 2.05) is 0 Å². The first-order valence-electron chi connectivity index (χ1n) is 18.7. The number of nitrogen functional groups attached to an aromatic ring is 1. The van der Waals surface area contributed by atoms with Crippen LogP contribution in [0.15, 0.2) is 60.0 Å². The molecule has 2 fully saturated rings. The fourth-order valence-corrected chi connectivity index (χ4v) is 9.94. The average Bonchev–Trinajstić information content (AvgIpc) is 3.88. The summed E-state index contributed by atoms with van der Waals surface area (Å²) in [5.74, 6) is -2.43. The van der Waals surface area contributed by atoms with Crippen LogP contribution in [0.1, 0.15) is 31.1 Å². The number of phosphoric ester groups is 3. The minimum atomic E-state index is -6.14. The Kier molecular flexibility index (Phi) is 14.6. The first-order valence-corrected chi connectivity index (χ1v) is 23.2. The Bertz CT molecular complexity index is 2660. The van der Waals surface area contributed by atoms with Crippen molar-refractivity contribution in [2.45, 2.75) is 67.3 Å². The zero-order valence-electron chi connectivity index (χ0n) is 33.4. The first kappa shape index (κ1) is 50.2. The summed E-state index contributed by atoms with van der Waals surface area (Å²) in [6.07, 6.45) is -6.58. The number of carbonyl (C=O) groups excluding carboxylic acids is 2. The van der Waals surface area contributed by atoms with Crippen LogP contribution in [0.5, 0.6) is 0 Å². The summed E-state index contributed by atoms with van der Waals surface area (Å²) in [5, 5.41) is 49.6. The highest BCUT2D eigenvalue weighted by molar-refractivity contribution is 7.61. The van der Waals surface area contributed by atoms with Crippen molar-refractivity contribution in [1.82, 2.24) is 24.4 Å². The zero-order valence-corrected chi connectivity index (χ0v) is 36.0. The number of aliphatic hydroxyl groups excluding tert-OH is 2. The monoisotopic (exact) mass is 992 g/mol. The molecule has 0 aliphatic carbocycles. The lowest BCUT2D eigenvalue weighted by atomic mass is 9.72. The van der Waals surface area contributed by atoms with Gasteiger partial charge in [0.25, 0.3) is 5.69 Å². The highest BCUT2D eigenvalue weighted by Crippen LogP contribution is 2.64. The highest BCUT2D eigenvalue weighted by Gasteiger charge is 2.73. The Morgan fingerprint density at radius 1 is 1.09 bits per heavy atom. The lowest BCUT2D eigenvalue weighted by molar-refractivity contribution is -0.384. The minimum absolute atomic E-state index is 0.0953. The van der Waals surface area contributed by atoms with Gasteiger partial charge < -0.3 is 66.5 Å². The number of nitrogens with zero attached hydrogens (tertiary/aromatic N) is 9. The first-order chi connectivity index (χ1) is 30.9. The summed E-state index contributed by atoms with van der Waals surface area (Å²) < 4.78 is 71.4. The summed E-state index contributed by atoms with van der Waals surface area (Å²) in [6, 6.07) is 1.96. The van der Waals surface area contributed by atoms with Gasteiger partial charge in [-0.2, -0.15) is 4.31 Å². The number of ketones is 1. The number of aliphatic hydroxyl groups is 3. The number of imidazole rings is 1. The summed E-state index contributed by atoms with van der Waals surface area (Å²) in [6.45, 7) is -3.19. The Hall–Kier alpha value is -5.17. The number of rotatable bonds is 20. The molecule has 0 saturated carbocycles. The van der Waals surface area contributed by atoms with Gasteiger partial charge in [-0.1, -0.05) is 11.2 Å². The molecule has 66 heavy (non-hydrogen) atoms. The molecule has 32 nitrogen and oxygen atoms in total. The third kappa shape index (κ3) is 10.1. The molecule has 0 bridgehead atoms. The molecule has 3 aliphatic heterocycles. The standard InChI is InChI=1S/C31H39N12O20P3/c32-7-1-4-20(44)30(12-59-66(56,57)63-65(54,55)58-11-19-22(45)23(46)28(60-19)41-8-2-3-15(10-41)26(34)47)31(48,17-6-5-16(43(49)50)9-18(17)39-40-35)24(62-64(51,52)53)29(61-30)42-14-38-21-25(33)36-13-37-27(21)42/h2,5-6,8-10,13-14,19,22-24,28-29,45-46,48H,1,3-4,7,11-12,32H2,(H2,34,47)(H,54,55)(H,56,57)(H2,33,36,37)(H2,51,52,53)/t19-,22-,23-,24+,28-,29-,30+,31-/m1/s1. The van der Waals surface area contributed by atoms with Gasteiger partial charge in [-0.05, 0) is 36.5 Å². The molecule has 35 heteroatoms. The molecule has 1 amide bonds. The number of nitrogens with two attached hydrogens (primary N) is 3. The summed E-state index contributed by atoms with van der Waals surface area (Å²) in [7, 11) is -17.9. The molecular formula is C31H39N12O20P3. The number of primary amides is 1. The fraction of sp³-hybridized carbons (Fsp3) is 0.452. The molecule has 2 aromatic heterocycles. The van der Waals surface area contributed by atoms with Gasteiger partial charge in [0.2, 0.25) is 5.91 Å². The Morgan fingerprint density at radius 2 is 1.80 bits per heavy atom. The van der Waals surface area contributed by atoms with E-state index in [1.54, 1.807) is 0 Å². The Labute approximate surface area is 368 Å². The molecule has 6 rings (SSSR count). The van der Waals surface area contributed by atoms with Gasteiger partial charge in [0, 0.05) is 41.4 Å². The third-order valence-electron chi connectivity index (χ3n) is 10.2. The van der Waals surface area contributed by atoms with E-state index < -0.39 is 125 Å². The van der Waals surface area contributed by atoms with Crippen molar-refractivity contribution in [2.24, 2.45) is 16.6 Å². The van der Waals surface area contributed by atoms with E-state index >= 15 is 0 Å². The molecule has 5 heterocycles. The number of nitro benzene ring substituents is 1. The quantitative estimate of drug-likeness (QED) is 0.0170. The van der Waals surface area contributed by atoms with E-state index in [2.05, 4.69) is 29.3 Å². The summed E-state index contributed by atoms with van der Waals surface area (Å²) in [4.78, 5) is 94.7. The van der Waals surface area contributed by atoms with Crippen molar-refractivity contribution < 1.29 is 90.5 Å². The van der Waals surface area contributed by atoms with Gasteiger partial charge in [-0.3, -0.25) is 37.8 Å². The second kappa shape index (κ2) is 19.2. The Morgan fingerprint density at radius 3 is 2.45 bits per heavy atom. The van der Waals surface area contributed by atoms with Crippen LogP contribution in [0.2, 0.25) is 0 Å². The number of ether oxygens (including phenoxy) is 2. The maximum atomic E-state index is 14.6. The smallest absolute Gasteiger partial charge is 0.387 e. The number of phosphoric acid groups is 3. The van der Waals surface area contributed by atoms with Crippen LogP contribution in [0.3, 0.4) is 0 Å². The van der Waals surface area contributed by atoms with Crippen LogP contribution < -0.4 is 17.2 Å². The number of Topliss-reactive ketones (excluding diaryl/α,β-unsaturated/α-hetero) is 1. The number of carbonyl (C=O) groups is 2. The number of aromatic nitrogens is 4. The number of anilines is 1. The normalized spacial score (nSPS) is 28.4. The number of non-ortho nitro benzene ring substituents is 1. The lowest BCUT2D eigenvalue weighted by Crippen LogP contribution is -2.61. The van der Waals surface area contributed by atoms with Crippen molar-refractivity contribution >= 4 is 63.5 Å². The van der Waals surface area contributed by atoms with Gasteiger partial charge in [0.05, 0.1) is 30.2 Å². The predicted octanol–water partition coefficient (Wildman–Crippen LogP) is -0.514. The molecule has 1 aromatic carbocycles. The van der Waals surface area contributed by atoms with Crippen LogP contribution in [0.4, 0.5) is 17.2 Å². The molecule has 3 aromatic rings. The van der Waals surface area contributed by atoms with E-state index in [-0.39, 0.29) is 41.9 Å². The van der Waals surface area contributed by atoms with Crippen molar-refractivity contribution in [3.63, 3.8) is 0 Å². The van der Waals surface area contributed by atoms with E-state index in [0.717, 1.165) is 17.2 Å². The van der Waals surface area contributed by atoms with Crippen LogP contribution in [0.25, 0.3) is 21.6 Å². The van der Waals surface area contributed by atoms with Crippen molar-refractivity contribution in [1.29, 1.82) is 0 Å². The lowest BCUT2D eigenvalue weighted by Gasteiger charge is -2.42. The second-order valence-corrected chi connectivity index (χ2v) is 18.6. The van der Waals surface area contributed by atoms with Crippen LogP contribution in [-0.2, 0) is 56.2 Å². The number of benzene rings is 1. The largest absolute Gasteiger partial charge is 0.481 e. The number of nitro groups is 1. The van der Waals surface area contributed by atoms with Gasteiger partial charge in [0.15, 0.2) is 47.0 Å². The molecule has 10 atom stereocenters. The molecule has 358 valence electrons. The number of hydrogen-bond donors (Lipinski definition) is 10. The van der Waals surface area contributed by atoms with Gasteiger partial charge in [-0.15, -0.1) is 0 Å². The topological polar surface area (TPSA) is 499 Å². The van der Waals surface area contributed by atoms with Crippen molar-refractivity contribution in [3.8, 4) is 0 Å². The number of fused-ring (bicyclic) bond motifs is 1. The van der Waals surface area contributed by atoms with Crippen molar-refractivity contribution in [3.05, 3.63) is 81.0 Å². The second-order valence-electron chi connectivity index (χ2n) is 14.4. The zero-order chi connectivity index (χ0) is 48.6. The predicted molar refractivity (Wildman–Crippen MR) is 215 cm³/mol. The van der Waals surface area contributed by atoms with E-state index in [4.69, 9.17) is 40.2 Å². The van der Waals surface area contributed by atoms with Crippen LogP contribution >= 0.6 is 23.5 Å². The molecule has 2 saturated heterocycles. The molecule has 2 unspecified atom stereocenters. The molecule has 0 radical (unpaired) electrons. The third-order valence-corrected chi connectivity index (χ3v) is 13.3. The molecule has 3 aliphatic rings. The molecule has 13 N–H and O–H groups in total. The SMILES string of the molecule is [N-]=[N+]=Nc1cc([N+](=O)[O-])ccc1[C@@]1(O)[C@@H](OP(=O)(O)O)[C@H](n2cnc3c(N)ncnc32)O[C@@]1(COP(=O)(O)OP(=O)(O)OC[C@H]1O[C@@H](N2C=CCC(C(N)=O)=C2)[C@H](O)[C@@H]1O)C(=O)CCCN. The maximum Gasteiger partial charge on any atom is 0.481 e. The maximum absolute atomic E-state index is 14.6. The van der Waals surface area contributed by atoms with E-state index in [0.29, 0.717) is 18.2 Å². The number of azide groups is 1. The summed E-state index contributed by atoms with van der Waals surface area (Å²) >= 11 is 0.